The van der Waals surface area contributed by atoms with Crippen molar-refractivity contribution in [3.8, 4) is 5.75 Å². The van der Waals surface area contributed by atoms with Crippen LogP contribution in [0, 0.1) is 0 Å². The number of carbonyl (C=O) groups is 1. The van der Waals surface area contributed by atoms with Gasteiger partial charge in [0.15, 0.2) is 11.9 Å². The number of carbonyl (C=O) groups excluding carboxylic acids is 1. The number of methoxy groups -OCH3 is 1. The molecule has 1 aliphatic rings. The maximum absolute atomic E-state index is 12.5. The molecule has 132 valence electrons. The molecule has 3 rings (SSSR count). The van der Waals surface area contributed by atoms with Gasteiger partial charge in [-0.3, -0.25) is 4.79 Å². The number of hydrogen-bond acceptors (Lipinski definition) is 5. The van der Waals surface area contributed by atoms with Crippen LogP contribution in [0.5, 0.6) is 5.75 Å². The van der Waals surface area contributed by atoms with Crippen molar-refractivity contribution in [3.05, 3.63) is 54.0 Å². The Kier molecular flexibility index (Phi) is 5.38. The van der Waals surface area contributed by atoms with Crippen LogP contribution in [-0.4, -0.2) is 42.8 Å². The van der Waals surface area contributed by atoms with Crippen molar-refractivity contribution in [2.75, 3.05) is 20.2 Å². The lowest BCUT2D eigenvalue weighted by Gasteiger charge is -2.23. The van der Waals surface area contributed by atoms with Crippen molar-refractivity contribution in [2.24, 2.45) is 5.16 Å². The summed E-state index contributed by atoms with van der Waals surface area (Å²) in [5.74, 6) is 1.04. The lowest BCUT2D eigenvalue weighted by Crippen LogP contribution is -2.38. The fourth-order valence-electron chi connectivity index (χ4n) is 2.83. The summed E-state index contributed by atoms with van der Waals surface area (Å²) in [6.45, 7) is 3.17. The maximum Gasteiger partial charge on any atom is 0.289 e. The molecule has 1 aromatic heterocycles. The zero-order chi connectivity index (χ0) is 17.6. The molecule has 1 atom stereocenters. The van der Waals surface area contributed by atoms with E-state index in [2.05, 4.69) is 5.16 Å². The topological polar surface area (TPSA) is 64.3 Å². The molecule has 6 heteroatoms. The Bertz CT molecular complexity index is 722. The van der Waals surface area contributed by atoms with Gasteiger partial charge in [-0.05, 0) is 48.4 Å². The molecule has 0 aliphatic carbocycles. The molecule has 0 radical (unpaired) electrons. The Hall–Kier alpha value is -2.76. The zero-order valence-electron chi connectivity index (χ0n) is 14.5. The van der Waals surface area contributed by atoms with Crippen LogP contribution in [0.3, 0.4) is 0 Å². The van der Waals surface area contributed by atoms with E-state index in [-0.39, 0.29) is 12.0 Å². The Labute approximate surface area is 147 Å². The van der Waals surface area contributed by atoms with Crippen molar-refractivity contribution in [1.29, 1.82) is 0 Å². The van der Waals surface area contributed by atoms with Gasteiger partial charge in [-0.1, -0.05) is 12.1 Å². The summed E-state index contributed by atoms with van der Waals surface area (Å²) in [4.78, 5) is 19.8. The van der Waals surface area contributed by atoms with Crippen LogP contribution in [-0.2, 0) is 4.84 Å². The minimum absolute atomic E-state index is 0.117. The Morgan fingerprint density at radius 1 is 1.32 bits per heavy atom. The first-order valence-electron chi connectivity index (χ1n) is 8.41. The second kappa shape index (κ2) is 7.88. The molecule has 1 amide bonds. The number of ether oxygens (including phenoxy) is 1. The highest BCUT2D eigenvalue weighted by atomic mass is 16.6. The fourth-order valence-corrected chi connectivity index (χ4v) is 2.83. The molecule has 25 heavy (non-hydrogen) atoms. The van der Waals surface area contributed by atoms with Crippen molar-refractivity contribution < 1.29 is 18.8 Å². The number of nitrogens with zero attached hydrogens (tertiary/aromatic N) is 2. The van der Waals surface area contributed by atoms with Crippen molar-refractivity contribution >= 4 is 11.6 Å². The predicted octanol–water partition coefficient (Wildman–Crippen LogP) is 3.33. The van der Waals surface area contributed by atoms with E-state index in [1.165, 1.54) is 6.26 Å². The predicted molar refractivity (Wildman–Crippen MR) is 93.9 cm³/mol. The number of hydrogen-bond donors (Lipinski definition) is 0. The van der Waals surface area contributed by atoms with Gasteiger partial charge in [-0.25, -0.2) is 0 Å². The van der Waals surface area contributed by atoms with E-state index in [0.717, 1.165) is 23.4 Å². The first-order valence-corrected chi connectivity index (χ1v) is 8.41. The summed E-state index contributed by atoms with van der Waals surface area (Å²) >= 11 is 0. The van der Waals surface area contributed by atoms with E-state index in [4.69, 9.17) is 14.0 Å². The average Bonchev–Trinajstić information content (AvgIpc) is 3.33. The van der Waals surface area contributed by atoms with E-state index >= 15 is 0 Å². The average molecular weight is 342 g/mol. The lowest BCUT2D eigenvalue weighted by molar-refractivity contribution is 0.0405. The third-order valence-electron chi connectivity index (χ3n) is 4.09. The molecule has 0 saturated heterocycles. The summed E-state index contributed by atoms with van der Waals surface area (Å²) in [5.41, 5.74) is 1.89. The Morgan fingerprint density at radius 3 is 2.76 bits per heavy atom. The maximum atomic E-state index is 12.5. The zero-order valence-corrected chi connectivity index (χ0v) is 14.5. The summed E-state index contributed by atoms with van der Waals surface area (Å²) < 4.78 is 10.4. The molecule has 6 nitrogen and oxygen atoms in total. The molecular weight excluding hydrogens is 320 g/mol. The second-order valence-electron chi connectivity index (χ2n) is 5.93. The Morgan fingerprint density at radius 2 is 2.12 bits per heavy atom. The van der Waals surface area contributed by atoms with Crippen LogP contribution in [0.2, 0.25) is 0 Å². The highest BCUT2D eigenvalue weighted by Gasteiger charge is 2.27. The van der Waals surface area contributed by atoms with Gasteiger partial charge in [0, 0.05) is 13.0 Å². The van der Waals surface area contributed by atoms with E-state index in [1.54, 1.807) is 24.1 Å². The number of oxime groups is 1. The minimum atomic E-state index is -0.150. The largest absolute Gasteiger partial charge is 0.497 e. The number of furan rings is 1. The Balaban J connectivity index is 1.62. The normalized spacial score (nSPS) is 16.2. The van der Waals surface area contributed by atoms with Gasteiger partial charge in [-0.2, -0.15) is 0 Å². The molecule has 0 saturated carbocycles. The monoisotopic (exact) mass is 342 g/mol. The highest BCUT2D eigenvalue weighted by molar-refractivity contribution is 6.01. The molecule has 0 fully saturated rings. The molecule has 1 unspecified atom stereocenters. The van der Waals surface area contributed by atoms with Crippen LogP contribution in [0.4, 0.5) is 0 Å². The molecule has 1 aliphatic heterocycles. The van der Waals surface area contributed by atoms with Crippen molar-refractivity contribution in [2.45, 2.75) is 25.9 Å². The standard InChI is InChI=1S/C19H22N2O4/c1-3-10-21(19(22)18-5-4-11-24-18)13-16-12-17(20-25-16)14-6-8-15(23-2)9-7-14/h4-9,11,16H,3,10,12-13H2,1-2H3. The minimum Gasteiger partial charge on any atom is -0.497 e. The van der Waals surface area contributed by atoms with E-state index < -0.39 is 0 Å². The molecule has 2 aromatic rings. The van der Waals surface area contributed by atoms with Gasteiger partial charge in [0.2, 0.25) is 0 Å². The van der Waals surface area contributed by atoms with Gasteiger partial charge in [-0.15, -0.1) is 0 Å². The molecule has 0 N–H and O–H groups in total. The summed E-state index contributed by atoms with van der Waals surface area (Å²) in [7, 11) is 1.64. The van der Waals surface area contributed by atoms with Crippen molar-refractivity contribution in [1.82, 2.24) is 4.90 Å². The molecule has 2 heterocycles. The first kappa shape index (κ1) is 17.1. The molecule has 1 aromatic carbocycles. The molecule has 0 bridgehead atoms. The quantitative estimate of drug-likeness (QED) is 0.774. The number of amides is 1. The van der Waals surface area contributed by atoms with Gasteiger partial charge in [0.25, 0.3) is 5.91 Å². The van der Waals surface area contributed by atoms with E-state index in [1.807, 2.05) is 31.2 Å². The third-order valence-corrected chi connectivity index (χ3v) is 4.09. The van der Waals surface area contributed by atoms with Crippen LogP contribution in [0.15, 0.2) is 52.2 Å². The van der Waals surface area contributed by atoms with Gasteiger partial charge < -0.3 is 18.9 Å². The van der Waals surface area contributed by atoms with Crippen LogP contribution < -0.4 is 4.74 Å². The number of benzene rings is 1. The van der Waals surface area contributed by atoms with Gasteiger partial charge in [0.1, 0.15) is 5.75 Å². The summed E-state index contributed by atoms with van der Waals surface area (Å²) in [6, 6.07) is 11.1. The van der Waals surface area contributed by atoms with Gasteiger partial charge >= 0.3 is 0 Å². The SMILES string of the molecule is CCCN(CC1CC(c2ccc(OC)cc2)=NO1)C(=O)c1ccco1. The van der Waals surface area contributed by atoms with Crippen LogP contribution in [0.1, 0.15) is 35.9 Å². The van der Waals surface area contributed by atoms with Gasteiger partial charge in [0.05, 0.1) is 25.6 Å². The lowest BCUT2D eigenvalue weighted by atomic mass is 10.0. The van der Waals surface area contributed by atoms with Crippen LogP contribution in [0.25, 0.3) is 0 Å². The first-order chi connectivity index (χ1) is 12.2. The molecule has 0 spiro atoms. The fraction of sp³-hybridized carbons (Fsp3) is 0.368. The highest BCUT2D eigenvalue weighted by Crippen LogP contribution is 2.20. The van der Waals surface area contributed by atoms with E-state index in [9.17, 15) is 4.79 Å². The smallest absolute Gasteiger partial charge is 0.289 e. The number of rotatable bonds is 7. The van der Waals surface area contributed by atoms with Crippen molar-refractivity contribution in [3.63, 3.8) is 0 Å². The third kappa shape index (κ3) is 4.02. The molecular formula is C19H22N2O4. The second-order valence-corrected chi connectivity index (χ2v) is 5.93. The van der Waals surface area contributed by atoms with E-state index in [0.29, 0.717) is 25.3 Å². The summed E-state index contributed by atoms with van der Waals surface area (Å²) in [5, 5.41) is 4.19. The summed E-state index contributed by atoms with van der Waals surface area (Å²) in [6.07, 6.45) is 2.89. The van der Waals surface area contributed by atoms with Crippen LogP contribution >= 0.6 is 0 Å².